The molecule has 0 aliphatic heterocycles. The molecule has 1 rings (SSSR count). The maximum atomic E-state index is 10.6. The molecular formula is C9H6N2O3. The van der Waals surface area contributed by atoms with E-state index in [0.29, 0.717) is 11.8 Å². The highest BCUT2D eigenvalue weighted by molar-refractivity contribution is 5.85. The molecule has 0 aliphatic carbocycles. The van der Waals surface area contributed by atoms with E-state index in [1.165, 1.54) is 12.1 Å². The molecule has 0 spiro atoms. The first-order valence-electron chi connectivity index (χ1n) is 3.74. The van der Waals surface area contributed by atoms with Crippen molar-refractivity contribution in [2.75, 3.05) is 0 Å². The fourth-order valence-corrected chi connectivity index (χ4v) is 1.15. The van der Waals surface area contributed by atoms with Gasteiger partial charge in [-0.3, -0.25) is 14.9 Å². The first-order valence-corrected chi connectivity index (χ1v) is 3.74. The van der Waals surface area contributed by atoms with Gasteiger partial charge in [-0.05, 0) is 18.6 Å². The van der Waals surface area contributed by atoms with Gasteiger partial charge >= 0.3 is 0 Å². The third-order valence-corrected chi connectivity index (χ3v) is 1.74. The van der Waals surface area contributed by atoms with E-state index in [4.69, 9.17) is 5.26 Å². The maximum Gasteiger partial charge on any atom is 0.281 e. The minimum Gasteiger partial charge on any atom is -0.298 e. The van der Waals surface area contributed by atoms with Gasteiger partial charge in [-0.2, -0.15) is 5.26 Å². The zero-order valence-electron chi connectivity index (χ0n) is 7.35. The molecule has 0 aromatic heterocycles. The SMILES string of the molecule is Cc1cc(C#N)c(C=O)c([N+](=O)[O-])c1. The number of hydrogen-bond donors (Lipinski definition) is 0. The number of nitrogens with zero attached hydrogens (tertiary/aromatic N) is 2. The Morgan fingerprint density at radius 2 is 2.21 bits per heavy atom. The molecule has 0 amide bonds. The van der Waals surface area contributed by atoms with Crippen LogP contribution < -0.4 is 0 Å². The molecule has 0 radical (unpaired) electrons. The lowest BCUT2D eigenvalue weighted by atomic mass is 10.0. The highest BCUT2D eigenvalue weighted by Crippen LogP contribution is 2.22. The molecule has 0 heterocycles. The number of aryl methyl sites for hydroxylation is 1. The van der Waals surface area contributed by atoms with Crippen molar-refractivity contribution in [1.29, 1.82) is 5.26 Å². The topological polar surface area (TPSA) is 84.0 Å². The van der Waals surface area contributed by atoms with E-state index >= 15 is 0 Å². The molecule has 1 aromatic rings. The second kappa shape index (κ2) is 3.66. The fourth-order valence-electron chi connectivity index (χ4n) is 1.15. The standard InChI is InChI=1S/C9H6N2O3/c1-6-2-7(4-10)8(5-12)9(3-6)11(13)14/h2-3,5H,1H3. The van der Waals surface area contributed by atoms with E-state index in [1.54, 1.807) is 13.0 Å². The monoisotopic (exact) mass is 190 g/mol. The molecule has 70 valence electrons. The predicted molar refractivity (Wildman–Crippen MR) is 47.9 cm³/mol. The fraction of sp³-hybridized carbons (Fsp3) is 0.111. The van der Waals surface area contributed by atoms with Gasteiger partial charge in [-0.1, -0.05) is 0 Å². The van der Waals surface area contributed by atoms with Crippen molar-refractivity contribution in [2.24, 2.45) is 0 Å². The van der Waals surface area contributed by atoms with Crippen LogP contribution in [0.5, 0.6) is 0 Å². The minimum absolute atomic E-state index is 0.0340. The molecular weight excluding hydrogens is 184 g/mol. The third-order valence-electron chi connectivity index (χ3n) is 1.74. The Kier molecular flexibility index (Phi) is 2.58. The zero-order valence-corrected chi connectivity index (χ0v) is 7.35. The normalized spacial score (nSPS) is 9.14. The van der Waals surface area contributed by atoms with Crippen molar-refractivity contribution in [1.82, 2.24) is 0 Å². The maximum absolute atomic E-state index is 10.6. The van der Waals surface area contributed by atoms with Gasteiger partial charge in [0.2, 0.25) is 0 Å². The Morgan fingerprint density at radius 1 is 1.57 bits per heavy atom. The summed E-state index contributed by atoms with van der Waals surface area (Å²) in [6, 6.07) is 4.46. The van der Waals surface area contributed by atoms with Gasteiger partial charge < -0.3 is 0 Å². The van der Waals surface area contributed by atoms with Gasteiger partial charge in [-0.15, -0.1) is 0 Å². The lowest BCUT2D eigenvalue weighted by Crippen LogP contribution is -1.98. The summed E-state index contributed by atoms with van der Waals surface area (Å²) >= 11 is 0. The number of nitro benzene ring substituents is 1. The van der Waals surface area contributed by atoms with E-state index in [1.807, 2.05) is 0 Å². The van der Waals surface area contributed by atoms with Gasteiger partial charge in [0.15, 0.2) is 6.29 Å². The largest absolute Gasteiger partial charge is 0.298 e. The molecule has 1 aromatic carbocycles. The molecule has 0 aliphatic rings. The Morgan fingerprint density at radius 3 is 2.64 bits per heavy atom. The van der Waals surface area contributed by atoms with Crippen LogP contribution in [0.25, 0.3) is 0 Å². The second-order valence-corrected chi connectivity index (χ2v) is 2.73. The van der Waals surface area contributed by atoms with Crippen molar-refractivity contribution < 1.29 is 9.72 Å². The molecule has 0 N–H and O–H groups in total. The number of nitriles is 1. The van der Waals surface area contributed by atoms with Crippen molar-refractivity contribution in [3.05, 3.63) is 38.9 Å². The third kappa shape index (κ3) is 1.59. The lowest BCUT2D eigenvalue weighted by Gasteiger charge is -1.99. The van der Waals surface area contributed by atoms with E-state index in [2.05, 4.69) is 0 Å². The summed E-state index contributed by atoms with van der Waals surface area (Å²) in [7, 11) is 0. The number of carbonyl (C=O) groups is 1. The van der Waals surface area contributed by atoms with E-state index in [-0.39, 0.29) is 16.8 Å². The van der Waals surface area contributed by atoms with Gasteiger partial charge in [0.25, 0.3) is 5.69 Å². The number of nitro groups is 1. The number of carbonyl (C=O) groups excluding carboxylic acids is 1. The van der Waals surface area contributed by atoms with Gasteiger partial charge in [0, 0.05) is 6.07 Å². The molecule has 0 bridgehead atoms. The Balaban J connectivity index is 3.57. The van der Waals surface area contributed by atoms with Gasteiger partial charge in [0.05, 0.1) is 10.5 Å². The average Bonchev–Trinajstić information content (AvgIpc) is 2.16. The molecule has 0 unspecified atom stereocenters. The van der Waals surface area contributed by atoms with Crippen LogP contribution in [0.4, 0.5) is 5.69 Å². The highest BCUT2D eigenvalue weighted by Gasteiger charge is 2.17. The number of aldehydes is 1. The molecule has 0 saturated heterocycles. The summed E-state index contributed by atoms with van der Waals surface area (Å²) in [5.41, 5.74) is 0.130. The Hall–Kier alpha value is -2.22. The quantitative estimate of drug-likeness (QED) is 0.402. The summed E-state index contributed by atoms with van der Waals surface area (Å²) < 4.78 is 0. The summed E-state index contributed by atoms with van der Waals surface area (Å²) in [5, 5.41) is 19.2. The minimum atomic E-state index is -0.669. The van der Waals surface area contributed by atoms with E-state index in [9.17, 15) is 14.9 Å². The van der Waals surface area contributed by atoms with Crippen molar-refractivity contribution in [3.63, 3.8) is 0 Å². The highest BCUT2D eigenvalue weighted by atomic mass is 16.6. The smallest absolute Gasteiger partial charge is 0.281 e. The van der Waals surface area contributed by atoms with Crippen LogP contribution in [0.3, 0.4) is 0 Å². The summed E-state index contributed by atoms with van der Waals surface area (Å²) in [6.45, 7) is 1.63. The van der Waals surface area contributed by atoms with Gasteiger partial charge in [-0.25, -0.2) is 0 Å². The molecule has 0 saturated carbocycles. The molecule has 5 heteroatoms. The van der Waals surface area contributed by atoms with E-state index < -0.39 is 4.92 Å². The van der Waals surface area contributed by atoms with Gasteiger partial charge in [0.1, 0.15) is 11.6 Å². The predicted octanol–water partition coefficient (Wildman–Crippen LogP) is 1.59. The van der Waals surface area contributed by atoms with Crippen LogP contribution in [0.1, 0.15) is 21.5 Å². The molecule has 14 heavy (non-hydrogen) atoms. The first-order chi connectivity index (χ1) is 6.60. The lowest BCUT2D eigenvalue weighted by molar-refractivity contribution is -0.385. The average molecular weight is 190 g/mol. The number of hydrogen-bond acceptors (Lipinski definition) is 4. The van der Waals surface area contributed by atoms with Crippen LogP contribution >= 0.6 is 0 Å². The van der Waals surface area contributed by atoms with Crippen molar-refractivity contribution in [3.8, 4) is 6.07 Å². The summed E-state index contributed by atoms with van der Waals surface area (Å²) in [6.07, 6.45) is 0.329. The summed E-state index contributed by atoms with van der Waals surface area (Å²) in [5.74, 6) is 0. The van der Waals surface area contributed by atoms with Crippen molar-refractivity contribution >= 4 is 12.0 Å². The number of benzene rings is 1. The Bertz CT molecular complexity index is 446. The zero-order chi connectivity index (χ0) is 10.7. The van der Waals surface area contributed by atoms with Crippen LogP contribution in [-0.4, -0.2) is 11.2 Å². The Labute approximate surface area is 79.7 Å². The van der Waals surface area contributed by atoms with Crippen LogP contribution in [-0.2, 0) is 0 Å². The first kappa shape index (κ1) is 9.86. The van der Waals surface area contributed by atoms with E-state index in [0.717, 1.165) is 0 Å². The molecule has 0 atom stereocenters. The van der Waals surface area contributed by atoms with Crippen molar-refractivity contribution in [2.45, 2.75) is 6.92 Å². The van der Waals surface area contributed by atoms with Crippen LogP contribution in [0, 0.1) is 28.4 Å². The summed E-state index contributed by atoms with van der Waals surface area (Å²) in [4.78, 5) is 20.4. The molecule has 0 fully saturated rings. The van der Waals surface area contributed by atoms with Crippen LogP contribution in [0.2, 0.25) is 0 Å². The van der Waals surface area contributed by atoms with Crippen LogP contribution in [0.15, 0.2) is 12.1 Å². The molecule has 5 nitrogen and oxygen atoms in total. The second-order valence-electron chi connectivity index (χ2n) is 2.73. The number of rotatable bonds is 2.